The van der Waals surface area contributed by atoms with Gasteiger partial charge in [0.15, 0.2) is 0 Å². The second-order valence-corrected chi connectivity index (χ2v) is 6.73. The van der Waals surface area contributed by atoms with E-state index in [0.717, 1.165) is 16.9 Å². The second kappa shape index (κ2) is 5.74. The molecule has 0 spiro atoms. The second-order valence-electron chi connectivity index (χ2n) is 5.63. The Morgan fingerprint density at radius 2 is 1.65 bits per heavy atom. The maximum Gasteiger partial charge on any atom is 0.232 e. The van der Waals surface area contributed by atoms with Crippen LogP contribution in [0.3, 0.4) is 0 Å². The standard InChI is InChI=1S/C18H15NO3S/c20-17(19-13-9-10-23-18(13)21)16-11-5-1-3-7-14(11)22-15-8-4-2-6-12(15)16/h1-8,13,16H,9-10H2,(H,19,20). The van der Waals surface area contributed by atoms with Crippen LogP contribution in [0.4, 0.5) is 0 Å². The van der Waals surface area contributed by atoms with Crippen molar-refractivity contribution in [2.75, 3.05) is 5.75 Å². The molecule has 1 fully saturated rings. The zero-order valence-electron chi connectivity index (χ0n) is 12.3. The van der Waals surface area contributed by atoms with Crippen molar-refractivity contribution < 1.29 is 14.3 Å². The molecule has 4 nitrogen and oxygen atoms in total. The number of rotatable bonds is 2. The van der Waals surface area contributed by atoms with E-state index in [1.165, 1.54) is 11.8 Å². The van der Waals surface area contributed by atoms with Crippen LogP contribution in [0, 0.1) is 0 Å². The van der Waals surface area contributed by atoms with Crippen LogP contribution in [0.5, 0.6) is 11.5 Å². The van der Waals surface area contributed by atoms with Crippen molar-refractivity contribution in [3.63, 3.8) is 0 Å². The SMILES string of the molecule is O=C1SCCC1NC(=O)C1c2ccccc2Oc2ccccc21. The minimum Gasteiger partial charge on any atom is -0.457 e. The molecule has 2 aliphatic rings. The van der Waals surface area contributed by atoms with Crippen LogP contribution >= 0.6 is 11.8 Å². The van der Waals surface area contributed by atoms with E-state index in [1.807, 2.05) is 48.5 Å². The van der Waals surface area contributed by atoms with Gasteiger partial charge < -0.3 is 10.1 Å². The van der Waals surface area contributed by atoms with E-state index in [1.54, 1.807) is 0 Å². The van der Waals surface area contributed by atoms with E-state index in [4.69, 9.17) is 4.74 Å². The molecule has 0 radical (unpaired) electrons. The summed E-state index contributed by atoms with van der Waals surface area (Å²) in [6.07, 6.45) is 0.696. The van der Waals surface area contributed by atoms with Gasteiger partial charge in [0.05, 0.1) is 12.0 Å². The van der Waals surface area contributed by atoms with Crippen molar-refractivity contribution >= 4 is 22.8 Å². The predicted octanol–water partition coefficient (Wildman–Crippen LogP) is 3.07. The number of carbonyl (C=O) groups excluding carboxylic acids is 2. The first-order chi connectivity index (χ1) is 11.2. The van der Waals surface area contributed by atoms with Gasteiger partial charge in [0.1, 0.15) is 11.5 Å². The molecule has 0 bridgehead atoms. The quantitative estimate of drug-likeness (QED) is 0.922. The number of benzene rings is 2. The monoisotopic (exact) mass is 325 g/mol. The molecule has 1 N–H and O–H groups in total. The summed E-state index contributed by atoms with van der Waals surface area (Å²) in [5, 5.41) is 2.96. The zero-order valence-corrected chi connectivity index (χ0v) is 13.1. The van der Waals surface area contributed by atoms with Gasteiger partial charge in [-0.3, -0.25) is 9.59 Å². The molecular formula is C18H15NO3S. The third-order valence-corrected chi connectivity index (χ3v) is 5.20. The molecule has 23 heavy (non-hydrogen) atoms. The summed E-state index contributed by atoms with van der Waals surface area (Å²) in [6, 6.07) is 14.7. The molecule has 2 aromatic carbocycles. The smallest absolute Gasteiger partial charge is 0.232 e. The Kier molecular flexibility index (Phi) is 3.58. The molecule has 116 valence electrons. The van der Waals surface area contributed by atoms with Crippen LogP contribution in [0.1, 0.15) is 23.5 Å². The van der Waals surface area contributed by atoms with Crippen molar-refractivity contribution in [3.05, 3.63) is 59.7 Å². The summed E-state index contributed by atoms with van der Waals surface area (Å²) in [5.41, 5.74) is 1.67. The van der Waals surface area contributed by atoms with Gasteiger partial charge >= 0.3 is 0 Å². The van der Waals surface area contributed by atoms with E-state index in [2.05, 4.69) is 5.32 Å². The van der Waals surface area contributed by atoms with Gasteiger partial charge in [0.25, 0.3) is 0 Å². The molecule has 4 rings (SSSR count). The Morgan fingerprint density at radius 1 is 1.04 bits per heavy atom. The van der Waals surface area contributed by atoms with Gasteiger partial charge in [-0.15, -0.1) is 0 Å². The highest BCUT2D eigenvalue weighted by atomic mass is 32.2. The number of hydrogen-bond donors (Lipinski definition) is 1. The summed E-state index contributed by atoms with van der Waals surface area (Å²) >= 11 is 1.29. The summed E-state index contributed by atoms with van der Waals surface area (Å²) in [5.74, 6) is 1.56. The van der Waals surface area contributed by atoms with Gasteiger partial charge in [-0.25, -0.2) is 0 Å². The molecule has 0 saturated carbocycles. The van der Waals surface area contributed by atoms with Gasteiger partial charge in [-0.05, 0) is 18.6 Å². The molecule has 1 unspecified atom stereocenters. The minimum absolute atomic E-state index is 0.0481. The number of thioether (sulfide) groups is 1. The van der Waals surface area contributed by atoms with Crippen molar-refractivity contribution in [1.82, 2.24) is 5.32 Å². The first-order valence-corrected chi connectivity index (χ1v) is 8.55. The summed E-state index contributed by atoms with van der Waals surface area (Å²) in [6.45, 7) is 0. The lowest BCUT2D eigenvalue weighted by Gasteiger charge is -2.28. The fraction of sp³-hybridized carbons (Fsp3) is 0.222. The molecular weight excluding hydrogens is 310 g/mol. The van der Waals surface area contributed by atoms with E-state index in [9.17, 15) is 9.59 Å². The van der Waals surface area contributed by atoms with Crippen molar-refractivity contribution in [1.29, 1.82) is 0 Å². The van der Waals surface area contributed by atoms with Crippen LogP contribution in [0.2, 0.25) is 0 Å². The Morgan fingerprint density at radius 3 is 2.22 bits per heavy atom. The molecule has 2 aliphatic heterocycles. The van der Waals surface area contributed by atoms with Crippen LogP contribution in [0.25, 0.3) is 0 Å². The number of amides is 1. The van der Waals surface area contributed by atoms with E-state index >= 15 is 0 Å². The molecule has 1 saturated heterocycles. The van der Waals surface area contributed by atoms with Crippen molar-refractivity contribution in [2.45, 2.75) is 18.4 Å². The summed E-state index contributed by atoms with van der Waals surface area (Å²) in [4.78, 5) is 24.7. The fourth-order valence-corrected chi connectivity index (χ4v) is 4.01. The molecule has 1 atom stereocenters. The van der Waals surface area contributed by atoms with Crippen LogP contribution in [0.15, 0.2) is 48.5 Å². The highest BCUT2D eigenvalue weighted by molar-refractivity contribution is 8.14. The Balaban J connectivity index is 1.72. The topological polar surface area (TPSA) is 55.4 Å². The van der Waals surface area contributed by atoms with E-state index in [0.29, 0.717) is 17.9 Å². The summed E-state index contributed by atoms with van der Waals surface area (Å²) in [7, 11) is 0. The third kappa shape index (κ3) is 2.51. The first-order valence-electron chi connectivity index (χ1n) is 7.57. The largest absolute Gasteiger partial charge is 0.457 e. The molecule has 5 heteroatoms. The normalized spacial score (nSPS) is 19.7. The van der Waals surface area contributed by atoms with Gasteiger partial charge in [0, 0.05) is 16.9 Å². The number of hydrogen-bond acceptors (Lipinski definition) is 4. The molecule has 1 amide bonds. The first kappa shape index (κ1) is 14.3. The minimum atomic E-state index is -0.449. The van der Waals surface area contributed by atoms with Crippen molar-refractivity contribution in [2.24, 2.45) is 0 Å². The fourth-order valence-electron chi connectivity index (χ4n) is 3.07. The number of nitrogens with one attached hydrogen (secondary N) is 1. The maximum absolute atomic E-state index is 12.9. The van der Waals surface area contributed by atoms with Crippen LogP contribution in [-0.4, -0.2) is 22.8 Å². The summed E-state index contributed by atoms with van der Waals surface area (Å²) < 4.78 is 5.90. The number of carbonyl (C=O) groups is 2. The number of fused-ring (bicyclic) bond motifs is 2. The van der Waals surface area contributed by atoms with Gasteiger partial charge in [-0.1, -0.05) is 48.2 Å². The Bertz CT molecular complexity index is 744. The van der Waals surface area contributed by atoms with Crippen LogP contribution < -0.4 is 10.1 Å². The lowest BCUT2D eigenvalue weighted by atomic mass is 9.87. The molecule has 2 aromatic rings. The third-order valence-electron chi connectivity index (χ3n) is 4.19. The maximum atomic E-state index is 12.9. The average molecular weight is 325 g/mol. The molecule has 0 aliphatic carbocycles. The Labute approximate surface area is 138 Å². The average Bonchev–Trinajstić information content (AvgIpc) is 2.97. The molecule has 0 aromatic heterocycles. The number of para-hydroxylation sites is 2. The van der Waals surface area contributed by atoms with Crippen molar-refractivity contribution in [3.8, 4) is 11.5 Å². The van der Waals surface area contributed by atoms with Gasteiger partial charge in [-0.2, -0.15) is 0 Å². The van der Waals surface area contributed by atoms with Gasteiger partial charge in [0.2, 0.25) is 11.0 Å². The van der Waals surface area contributed by atoms with Crippen LogP contribution in [-0.2, 0) is 9.59 Å². The zero-order chi connectivity index (χ0) is 15.8. The highest BCUT2D eigenvalue weighted by Crippen LogP contribution is 2.44. The predicted molar refractivity (Wildman–Crippen MR) is 88.8 cm³/mol. The molecule has 2 heterocycles. The highest BCUT2D eigenvalue weighted by Gasteiger charge is 2.35. The number of ether oxygens (including phenoxy) is 1. The lowest BCUT2D eigenvalue weighted by Crippen LogP contribution is -2.40. The lowest BCUT2D eigenvalue weighted by molar-refractivity contribution is -0.125. The van der Waals surface area contributed by atoms with E-state index < -0.39 is 5.92 Å². The Hall–Kier alpha value is -2.27. The van der Waals surface area contributed by atoms with E-state index in [-0.39, 0.29) is 17.1 Å².